The van der Waals surface area contributed by atoms with Crippen molar-refractivity contribution in [3.63, 3.8) is 0 Å². The van der Waals surface area contributed by atoms with Crippen molar-refractivity contribution in [2.45, 2.75) is 26.7 Å². The first-order valence-corrected chi connectivity index (χ1v) is 5.93. The lowest BCUT2D eigenvalue weighted by Crippen LogP contribution is -2.23. The van der Waals surface area contributed by atoms with E-state index < -0.39 is 0 Å². The van der Waals surface area contributed by atoms with Crippen molar-refractivity contribution >= 4 is 5.69 Å². The average molecular weight is 250 g/mol. The molecule has 0 fully saturated rings. The molecule has 0 atom stereocenters. The third kappa shape index (κ3) is 4.25. The van der Waals surface area contributed by atoms with Gasteiger partial charge in [0.05, 0.1) is 18.9 Å². The number of nitrogens with zero attached hydrogens (tertiary/aromatic N) is 1. The van der Waals surface area contributed by atoms with Crippen molar-refractivity contribution in [1.82, 2.24) is 0 Å². The highest BCUT2D eigenvalue weighted by atomic mass is 19.1. The number of ether oxygens (including phenoxy) is 1. The molecule has 0 radical (unpaired) electrons. The van der Waals surface area contributed by atoms with Crippen molar-refractivity contribution in [3.05, 3.63) is 24.0 Å². The van der Waals surface area contributed by atoms with Gasteiger partial charge in [-0.15, -0.1) is 0 Å². The number of anilines is 1. The first kappa shape index (κ1) is 14.3. The molecule has 0 spiro atoms. The molecule has 1 aromatic carbocycles. The van der Waals surface area contributed by atoms with Crippen molar-refractivity contribution in [3.8, 4) is 11.8 Å². The van der Waals surface area contributed by atoms with Gasteiger partial charge in [-0.1, -0.05) is 13.8 Å². The number of nitrogens with one attached hydrogen (secondary N) is 1. The Labute approximate surface area is 108 Å². The molecule has 0 aliphatic carbocycles. The van der Waals surface area contributed by atoms with Gasteiger partial charge in [0.1, 0.15) is 11.6 Å². The molecule has 0 saturated carbocycles. The number of hydrogen-bond donors (Lipinski definition) is 1. The summed E-state index contributed by atoms with van der Waals surface area (Å²) in [6.45, 7) is 4.89. The van der Waals surface area contributed by atoms with Crippen LogP contribution in [0.4, 0.5) is 10.1 Å². The molecular formula is C14H19FN2O. The van der Waals surface area contributed by atoms with Gasteiger partial charge in [0.25, 0.3) is 0 Å². The summed E-state index contributed by atoms with van der Waals surface area (Å²) >= 11 is 0. The molecule has 98 valence electrons. The lowest BCUT2D eigenvalue weighted by Gasteiger charge is -2.25. The number of nitriles is 1. The van der Waals surface area contributed by atoms with Crippen LogP contribution < -0.4 is 10.1 Å². The standard InChI is InChI=1S/C14H19FN2O/c1-14(2,7-4-8-16)10-17-12-6-5-11(15)9-13(12)18-3/h5-6,9,17H,4,7,10H2,1-3H3. The molecule has 1 rings (SSSR count). The van der Waals surface area contributed by atoms with Crippen LogP contribution in [-0.4, -0.2) is 13.7 Å². The van der Waals surface area contributed by atoms with Gasteiger partial charge >= 0.3 is 0 Å². The molecule has 0 aromatic heterocycles. The van der Waals surface area contributed by atoms with E-state index in [0.717, 1.165) is 12.1 Å². The summed E-state index contributed by atoms with van der Waals surface area (Å²) in [5.41, 5.74) is 0.777. The summed E-state index contributed by atoms with van der Waals surface area (Å²) in [5.74, 6) is 0.173. The molecule has 0 unspecified atom stereocenters. The van der Waals surface area contributed by atoms with Gasteiger partial charge in [-0.25, -0.2) is 4.39 Å². The summed E-state index contributed by atoms with van der Waals surface area (Å²) in [6.07, 6.45) is 1.36. The monoisotopic (exact) mass is 250 g/mol. The van der Waals surface area contributed by atoms with E-state index in [1.165, 1.54) is 19.2 Å². The Balaban J connectivity index is 2.66. The Morgan fingerprint density at radius 1 is 1.44 bits per heavy atom. The SMILES string of the molecule is COc1cc(F)ccc1NCC(C)(C)CCC#N. The Morgan fingerprint density at radius 2 is 2.17 bits per heavy atom. The van der Waals surface area contributed by atoms with Crippen LogP contribution in [0.1, 0.15) is 26.7 Å². The van der Waals surface area contributed by atoms with E-state index in [1.54, 1.807) is 6.07 Å². The van der Waals surface area contributed by atoms with Crippen LogP contribution in [-0.2, 0) is 0 Å². The molecule has 0 saturated heterocycles. The maximum Gasteiger partial charge on any atom is 0.144 e. The Morgan fingerprint density at radius 3 is 2.78 bits per heavy atom. The van der Waals surface area contributed by atoms with Gasteiger partial charge in [-0.05, 0) is 24.0 Å². The summed E-state index contributed by atoms with van der Waals surface area (Å²) in [7, 11) is 1.51. The van der Waals surface area contributed by atoms with Crippen LogP contribution in [0.2, 0.25) is 0 Å². The summed E-state index contributed by atoms with van der Waals surface area (Å²) in [6, 6.07) is 6.56. The van der Waals surface area contributed by atoms with Crippen molar-refractivity contribution in [2.24, 2.45) is 5.41 Å². The quantitative estimate of drug-likeness (QED) is 0.839. The van der Waals surface area contributed by atoms with E-state index in [2.05, 4.69) is 25.2 Å². The van der Waals surface area contributed by atoms with Crippen molar-refractivity contribution in [1.29, 1.82) is 5.26 Å². The minimum absolute atomic E-state index is 0.00906. The fourth-order valence-corrected chi connectivity index (χ4v) is 1.63. The predicted octanol–water partition coefficient (Wildman–Crippen LogP) is 3.58. The Kier molecular flexibility index (Phi) is 4.96. The molecule has 0 amide bonds. The number of rotatable bonds is 6. The van der Waals surface area contributed by atoms with Gasteiger partial charge in [0.15, 0.2) is 0 Å². The fourth-order valence-electron chi connectivity index (χ4n) is 1.63. The molecule has 0 bridgehead atoms. The van der Waals surface area contributed by atoms with Crippen LogP contribution in [0.3, 0.4) is 0 Å². The van der Waals surface area contributed by atoms with Crippen LogP contribution in [0.5, 0.6) is 5.75 Å². The topological polar surface area (TPSA) is 45.0 Å². The highest BCUT2D eigenvalue weighted by Gasteiger charge is 2.17. The first-order valence-electron chi connectivity index (χ1n) is 5.93. The van der Waals surface area contributed by atoms with E-state index in [9.17, 15) is 4.39 Å². The zero-order chi connectivity index (χ0) is 13.6. The van der Waals surface area contributed by atoms with Gasteiger partial charge in [-0.3, -0.25) is 0 Å². The van der Waals surface area contributed by atoms with Crippen LogP contribution in [0, 0.1) is 22.6 Å². The fraction of sp³-hybridized carbons (Fsp3) is 0.500. The second-order valence-corrected chi connectivity index (χ2v) is 5.02. The Bertz CT molecular complexity index is 438. The molecule has 3 nitrogen and oxygen atoms in total. The maximum atomic E-state index is 13.0. The predicted molar refractivity (Wildman–Crippen MR) is 70.1 cm³/mol. The van der Waals surface area contributed by atoms with Gasteiger partial charge in [0.2, 0.25) is 0 Å². The Hall–Kier alpha value is -1.76. The average Bonchev–Trinajstić information content (AvgIpc) is 2.35. The van der Waals surface area contributed by atoms with Gasteiger partial charge in [0, 0.05) is 19.0 Å². The van der Waals surface area contributed by atoms with E-state index in [4.69, 9.17) is 10.00 Å². The van der Waals surface area contributed by atoms with Gasteiger partial charge < -0.3 is 10.1 Å². The third-order valence-corrected chi connectivity index (χ3v) is 2.83. The minimum Gasteiger partial charge on any atom is -0.494 e. The number of benzene rings is 1. The third-order valence-electron chi connectivity index (χ3n) is 2.83. The smallest absolute Gasteiger partial charge is 0.144 e. The van der Waals surface area contributed by atoms with E-state index in [1.807, 2.05) is 0 Å². The van der Waals surface area contributed by atoms with E-state index in [-0.39, 0.29) is 11.2 Å². The number of methoxy groups -OCH3 is 1. The largest absolute Gasteiger partial charge is 0.494 e. The number of hydrogen-bond acceptors (Lipinski definition) is 3. The van der Waals surface area contributed by atoms with E-state index >= 15 is 0 Å². The number of halogens is 1. The highest BCUT2D eigenvalue weighted by Crippen LogP contribution is 2.28. The summed E-state index contributed by atoms with van der Waals surface area (Å²) in [5, 5.41) is 11.8. The highest BCUT2D eigenvalue weighted by molar-refractivity contribution is 5.56. The van der Waals surface area contributed by atoms with Crippen molar-refractivity contribution in [2.75, 3.05) is 19.0 Å². The van der Waals surface area contributed by atoms with Gasteiger partial charge in [-0.2, -0.15) is 5.26 Å². The lowest BCUT2D eigenvalue weighted by atomic mass is 9.88. The van der Waals surface area contributed by atoms with Crippen molar-refractivity contribution < 1.29 is 9.13 Å². The summed E-state index contributed by atoms with van der Waals surface area (Å²) in [4.78, 5) is 0. The zero-order valence-electron chi connectivity index (χ0n) is 11.1. The van der Waals surface area contributed by atoms with Crippen LogP contribution >= 0.6 is 0 Å². The molecule has 1 N–H and O–H groups in total. The first-order chi connectivity index (χ1) is 8.48. The molecule has 18 heavy (non-hydrogen) atoms. The molecule has 1 aromatic rings. The maximum absolute atomic E-state index is 13.0. The molecule has 0 aliphatic heterocycles. The molecule has 0 heterocycles. The second-order valence-electron chi connectivity index (χ2n) is 5.02. The zero-order valence-corrected chi connectivity index (χ0v) is 11.1. The normalized spacial score (nSPS) is 10.8. The summed E-state index contributed by atoms with van der Waals surface area (Å²) < 4.78 is 18.1. The van der Waals surface area contributed by atoms with E-state index in [0.29, 0.717) is 18.7 Å². The minimum atomic E-state index is -0.318. The lowest BCUT2D eigenvalue weighted by molar-refractivity contribution is 0.362. The molecular weight excluding hydrogens is 231 g/mol. The molecule has 4 heteroatoms. The molecule has 0 aliphatic rings. The second kappa shape index (κ2) is 6.25. The van der Waals surface area contributed by atoms with Crippen LogP contribution in [0.25, 0.3) is 0 Å². The van der Waals surface area contributed by atoms with Crippen LogP contribution in [0.15, 0.2) is 18.2 Å².